The molecule has 2 aromatic heterocycles. The van der Waals surface area contributed by atoms with Crippen LogP contribution >= 0.6 is 0 Å². The van der Waals surface area contributed by atoms with Gasteiger partial charge in [0.1, 0.15) is 6.33 Å². The van der Waals surface area contributed by atoms with Gasteiger partial charge in [0.25, 0.3) is 0 Å². The van der Waals surface area contributed by atoms with E-state index in [1.165, 1.54) is 7.11 Å². The van der Waals surface area contributed by atoms with E-state index >= 15 is 0 Å². The first kappa shape index (κ1) is 11.8. The smallest absolute Gasteiger partial charge is 0.330 e. The number of morpholine rings is 1. The Hall–Kier alpha value is -2.22. The molecule has 0 radical (unpaired) electrons. The van der Waals surface area contributed by atoms with E-state index in [0.29, 0.717) is 24.6 Å². The third-order valence-corrected chi connectivity index (χ3v) is 3.07. The monoisotopic (exact) mass is 263 g/mol. The van der Waals surface area contributed by atoms with Gasteiger partial charge in [-0.2, -0.15) is 0 Å². The summed E-state index contributed by atoms with van der Waals surface area (Å²) in [6.45, 7) is 1.37. The highest BCUT2D eigenvalue weighted by atomic mass is 16.5. The van der Waals surface area contributed by atoms with Crippen molar-refractivity contribution in [3.63, 3.8) is 0 Å². The normalized spacial score (nSPS) is 19.6. The quantitative estimate of drug-likeness (QED) is 0.676. The van der Waals surface area contributed by atoms with E-state index in [9.17, 15) is 4.79 Å². The Morgan fingerprint density at radius 3 is 3.32 bits per heavy atom. The van der Waals surface area contributed by atoms with Crippen molar-refractivity contribution in [2.75, 3.05) is 31.8 Å². The van der Waals surface area contributed by atoms with E-state index in [1.54, 1.807) is 23.1 Å². The highest BCUT2D eigenvalue weighted by Gasteiger charge is 2.32. The summed E-state index contributed by atoms with van der Waals surface area (Å²) in [6.07, 6.45) is 5.00. The van der Waals surface area contributed by atoms with Crippen molar-refractivity contribution < 1.29 is 14.3 Å². The van der Waals surface area contributed by atoms with Gasteiger partial charge in [-0.25, -0.2) is 9.78 Å². The molecule has 1 atom stereocenters. The van der Waals surface area contributed by atoms with E-state index in [-0.39, 0.29) is 12.6 Å². The number of rotatable bonds is 2. The molecular formula is C11H13N5O3. The zero-order chi connectivity index (χ0) is 13.2. The van der Waals surface area contributed by atoms with Crippen molar-refractivity contribution in [3.05, 3.63) is 18.7 Å². The maximum atomic E-state index is 11.8. The maximum Gasteiger partial charge on any atom is 0.330 e. The average molecular weight is 263 g/mol. The number of aromatic nitrogens is 4. The summed E-state index contributed by atoms with van der Waals surface area (Å²) < 4.78 is 11.9. The molecule has 0 spiro atoms. The number of hydrogen-bond donors (Lipinski definition) is 0. The van der Waals surface area contributed by atoms with Crippen molar-refractivity contribution in [3.8, 4) is 0 Å². The van der Waals surface area contributed by atoms with Crippen LogP contribution in [0.4, 0.5) is 5.82 Å². The van der Waals surface area contributed by atoms with Crippen molar-refractivity contribution in [2.45, 2.75) is 6.04 Å². The molecule has 8 nitrogen and oxygen atoms in total. The summed E-state index contributed by atoms with van der Waals surface area (Å²) >= 11 is 0. The van der Waals surface area contributed by atoms with Crippen LogP contribution in [0.25, 0.3) is 5.65 Å². The van der Waals surface area contributed by atoms with E-state index in [0.717, 1.165) is 0 Å². The first-order chi connectivity index (χ1) is 9.31. The van der Waals surface area contributed by atoms with Crippen LogP contribution in [-0.4, -0.2) is 58.5 Å². The number of hydrogen-bond acceptors (Lipinski definition) is 7. The van der Waals surface area contributed by atoms with Crippen LogP contribution in [0.3, 0.4) is 0 Å². The number of carbonyl (C=O) groups excluding carboxylic acids is 1. The highest BCUT2D eigenvalue weighted by Crippen LogP contribution is 2.21. The summed E-state index contributed by atoms with van der Waals surface area (Å²) in [4.78, 5) is 18.0. The minimum atomic E-state index is -0.505. The first-order valence-corrected chi connectivity index (χ1v) is 5.88. The Bertz CT molecular complexity index is 599. The van der Waals surface area contributed by atoms with Gasteiger partial charge in [0.2, 0.25) is 5.65 Å². The van der Waals surface area contributed by atoms with Crippen LogP contribution < -0.4 is 4.90 Å². The number of nitrogens with zero attached hydrogens (tertiary/aromatic N) is 5. The standard InChI is InChI=1S/C11H13N5O3/c1-18-11(17)8-6-19-5-4-16(8)9-10-14-13-7-15(10)3-2-12-9/h2-3,7-8H,4-6H2,1H3. The number of esters is 1. The maximum absolute atomic E-state index is 11.8. The molecule has 3 heterocycles. The second-order valence-electron chi connectivity index (χ2n) is 4.12. The average Bonchev–Trinajstić information content (AvgIpc) is 2.94. The molecule has 100 valence electrons. The van der Waals surface area contributed by atoms with E-state index in [2.05, 4.69) is 15.2 Å². The summed E-state index contributed by atoms with van der Waals surface area (Å²) in [6, 6.07) is -0.505. The van der Waals surface area contributed by atoms with Crippen molar-refractivity contribution in [1.82, 2.24) is 19.6 Å². The Balaban J connectivity index is 2.02. The van der Waals surface area contributed by atoms with Gasteiger partial charge in [-0.15, -0.1) is 10.2 Å². The van der Waals surface area contributed by atoms with Gasteiger partial charge in [0.15, 0.2) is 11.9 Å². The summed E-state index contributed by atoms with van der Waals surface area (Å²) in [5.74, 6) is 0.265. The lowest BCUT2D eigenvalue weighted by molar-refractivity contribution is -0.144. The predicted molar refractivity (Wildman–Crippen MR) is 64.8 cm³/mol. The lowest BCUT2D eigenvalue weighted by Gasteiger charge is -2.34. The van der Waals surface area contributed by atoms with Crippen molar-refractivity contribution >= 4 is 17.4 Å². The fraction of sp³-hybridized carbons (Fsp3) is 0.455. The van der Waals surface area contributed by atoms with Crippen LogP contribution in [-0.2, 0) is 14.3 Å². The van der Waals surface area contributed by atoms with Gasteiger partial charge in [-0.3, -0.25) is 4.40 Å². The van der Waals surface area contributed by atoms with Gasteiger partial charge in [-0.05, 0) is 0 Å². The highest BCUT2D eigenvalue weighted by molar-refractivity contribution is 5.82. The fourth-order valence-electron chi connectivity index (χ4n) is 2.14. The fourth-order valence-corrected chi connectivity index (χ4v) is 2.14. The third kappa shape index (κ3) is 1.99. The summed E-state index contributed by atoms with van der Waals surface area (Å²) in [5, 5.41) is 7.88. The molecule has 2 aromatic rings. The molecule has 0 saturated carbocycles. The van der Waals surface area contributed by atoms with Crippen LogP contribution in [0.1, 0.15) is 0 Å². The second-order valence-corrected chi connectivity index (χ2v) is 4.12. The minimum absolute atomic E-state index is 0.281. The second kappa shape index (κ2) is 4.81. The molecule has 1 aliphatic rings. The molecule has 1 fully saturated rings. The Kier molecular flexibility index (Phi) is 3.00. The molecule has 8 heteroatoms. The Morgan fingerprint density at radius 1 is 1.58 bits per heavy atom. The van der Waals surface area contributed by atoms with Crippen molar-refractivity contribution in [1.29, 1.82) is 0 Å². The van der Waals surface area contributed by atoms with Gasteiger partial charge >= 0.3 is 5.97 Å². The molecule has 0 N–H and O–H groups in total. The zero-order valence-electron chi connectivity index (χ0n) is 10.4. The van der Waals surface area contributed by atoms with Crippen LogP contribution in [0.2, 0.25) is 0 Å². The number of carbonyl (C=O) groups is 1. The van der Waals surface area contributed by atoms with Crippen molar-refractivity contribution in [2.24, 2.45) is 0 Å². The molecule has 3 rings (SSSR count). The largest absolute Gasteiger partial charge is 0.467 e. The minimum Gasteiger partial charge on any atom is -0.467 e. The van der Waals surface area contributed by atoms with E-state index < -0.39 is 6.04 Å². The predicted octanol–water partition coefficient (Wildman–Crippen LogP) is -0.498. The molecule has 0 aromatic carbocycles. The van der Waals surface area contributed by atoms with Gasteiger partial charge in [0.05, 0.1) is 20.3 Å². The third-order valence-electron chi connectivity index (χ3n) is 3.07. The van der Waals surface area contributed by atoms with Crippen LogP contribution in [0.15, 0.2) is 18.7 Å². The number of methoxy groups -OCH3 is 1. The van der Waals surface area contributed by atoms with Gasteiger partial charge in [-0.1, -0.05) is 0 Å². The molecule has 1 saturated heterocycles. The molecule has 0 bridgehead atoms. The summed E-state index contributed by atoms with van der Waals surface area (Å²) in [5.41, 5.74) is 0.610. The van der Waals surface area contributed by atoms with E-state index in [4.69, 9.17) is 9.47 Å². The Morgan fingerprint density at radius 2 is 2.47 bits per heavy atom. The Labute approximate surface area is 109 Å². The SMILES string of the molecule is COC(=O)C1COCCN1c1nccn2cnnc12. The van der Waals surface area contributed by atoms with Gasteiger partial charge < -0.3 is 14.4 Å². The lowest BCUT2D eigenvalue weighted by Crippen LogP contribution is -2.51. The molecule has 1 unspecified atom stereocenters. The number of ether oxygens (including phenoxy) is 2. The topological polar surface area (TPSA) is 81.9 Å². The van der Waals surface area contributed by atoms with Crippen LogP contribution in [0.5, 0.6) is 0 Å². The molecular weight excluding hydrogens is 250 g/mol. The number of anilines is 1. The molecule has 0 amide bonds. The lowest BCUT2D eigenvalue weighted by atomic mass is 10.2. The molecule has 19 heavy (non-hydrogen) atoms. The van der Waals surface area contributed by atoms with E-state index in [1.807, 2.05) is 4.90 Å². The van der Waals surface area contributed by atoms with Crippen LogP contribution in [0, 0.1) is 0 Å². The number of fused-ring (bicyclic) bond motifs is 1. The first-order valence-electron chi connectivity index (χ1n) is 5.88. The summed E-state index contributed by atoms with van der Waals surface area (Å²) in [7, 11) is 1.36. The molecule has 1 aliphatic heterocycles. The molecule has 0 aliphatic carbocycles. The van der Waals surface area contributed by atoms with Gasteiger partial charge in [0, 0.05) is 18.9 Å². The zero-order valence-corrected chi connectivity index (χ0v) is 10.4.